The van der Waals surface area contributed by atoms with E-state index in [1.54, 1.807) is 18.2 Å². The molecule has 2 rings (SSSR count). The van der Waals surface area contributed by atoms with Gasteiger partial charge in [-0.25, -0.2) is 0 Å². The van der Waals surface area contributed by atoms with Crippen LogP contribution in [0.2, 0.25) is 10.0 Å². The number of benzene rings is 1. The van der Waals surface area contributed by atoms with Gasteiger partial charge in [-0.15, -0.1) is 0 Å². The van der Waals surface area contributed by atoms with E-state index in [-0.39, 0.29) is 36.1 Å². The Bertz CT molecular complexity index is 637. The largest absolute Gasteiger partial charge is 0.469 e. The highest BCUT2D eigenvalue weighted by Crippen LogP contribution is 2.44. The lowest BCUT2D eigenvalue weighted by Gasteiger charge is -2.39. The quantitative estimate of drug-likeness (QED) is 0.574. The number of carbonyl (C=O) groups excluding carboxylic acids is 2. The highest BCUT2D eigenvalue weighted by atomic mass is 35.5. The molecule has 1 aliphatic carbocycles. The number of Topliss-reactive ketones (excluding diaryl/α,β-unsaturated/α-hetero) is 1. The average Bonchev–Trinajstić information content (AvgIpc) is 2.59. The maximum absolute atomic E-state index is 12.7. The van der Waals surface area contributed by atoms with Gasteiger partial charge in [0.15, 0.2) is 0 Å². The fourth-order valence-corrected chi connectivity index (χ4v) is 4.23. The van der Waals surface area contributed by atoms with Crippen LogP contribution in [0.15, 0.2) is 18.2 Å². The monoisotopic (exact) mass is 400 g/mol. The van der Waals surface area contributed by atoms with Gasteiger partial charge in [0.2, 0.25) is 0 Å². The maximum atomic E-state index is 12.7. The molecule has 0 atom stereocenters. The molecule has 0 unspecified atom stereocenters. The lowest BCUT2D eigenvalue weighted by molar-refractivity contribution is -0.145. The summed E-state index contributed by atoms with van der Waals surface area (Å²) in [6, 6.07) is 5.15. The van der Waals surface area contributed by atoms with Crippen LogP contribution < -0.4 is 0 Å². The molecule has 144 valence electrons. The zero-order valence-electron chi connectivity index (χ0n) is 15.4. The number of halogens is 2. The van der Waals surface area contributed by atoms with Gasteiger partial charge in [-0.2, -0.15) is 0 Å². The molecular weight excluding hydrogens is 375 g/mol. The van der Waals surface area contributed by atoms with E-state index in [9.17, 15) is 9.59 Å². The van der Waals surface area contributed by atoms with Gasteiger partial charge in [-0.1, -0.05) is 29.3 Å². The Morgan fingerprint density at radius 3 is 2.46 bits per heavy atom. The van der Waals surface area contributed by atoms with Crippen molar-refractivity contribution in [2.45, 2.75) is 58.0 Å². The van der Waals surface area contributed by atoms with Gasteiger partial charge in [0.25, 0.3) is 0 Å². The van der Waals surface area contributed by atoms with E-state index >= 15 is 0 Å². The molecule has 1 aromatic carbocycles. The topological polar surface area (TPSA) is 52.6 Å². The van der Waals surface area contributed by atoms with Crippen LogP contribution in [-0.4, -0.2) is 31.6 Å². The second-order valence-corrected chi connectivity index (χ2v) is 7.88. The molecule has 1 saturated carbocycles. The van der Waals surface area contributed by atoms with E-state index in [4.69, 9.17) is 32.7 Å². The Labute approximate surface area is 165 Å². The fraction of sp³-hybridized carbons (Fsp3) is 0.600. The Morgan fingerprint density at radius 1 is 1.19 bits per heavy atom. The Hall–Kier alpha value is -1.10. The minimum Gasteiger partial charge on any atom is -0.469 e. The molecule has 1 fully saturated rings. The van der Waals surface area contributed by atoms with Crippen molar-refractivity contribution in [3.63, 3.8) is 0 Å². The lowest BCUT2D eigenvalue weighted by Crippen LogP contribution is -2.35. The third-order valence-corrected chi connectivity index (χ3v) is 5.70. The normalized spacial score (nSPS) is 22.8. The van der Waals surface area contributed by atoms with Gasteiger partial charge < -0.3 is 9.47 Å². The second kappa shape index (κ2) is 9.72. The van der Waals surface area contributed by atoms with Crippen LogP contribution in [0.25, 0.3) is 0 Å². The summed E-state index contributed by atoms with van der Waals surface area (Å²) in [5.41, 5.74) is 0.411. The highest BCUT2D eigenvalue weighted by Gasteiger charge is 2.39. The summed E-state index contributed by atoms with van der Waals surface area (Å²) in [7, 11) is 1.39. The molecule has 4 nitrogen and oxygen atoms in total. The van der Waals surface area contributed by atoms with Gasteiger partial charge in [0, 0.05) is 29.5 Å². The van der Waals surface area contributed by atoms with Crippen LogP contribution in [-0.2, 0) is 25.5 Å². The first-order valence-corrected chi connectivity index (χ1v) is 9.77. The Morgan fingerprint density at radius 2 is 1.88 bits per heavy atom. The number of esters is 1. The number of methoxy groups -OCH3 is 1. The third-order valence-electron chi connectivity index (χ3n) is 5.12. The molecule has 0 N–H and O–H groups in total. The molecular formula is C20H26Cl2O4. The van der Waals surface area contributed by atoms with Gasteiger partial charge in [-0.3, -0.25) is 9.59 Å². The van der Waals surface area contributed by atoms with Crippen molar-refractivity contribution in [2.75, 3.05) is 13.7 Å². The van der Waals surface area contributed by atoms with Crippen LogP contribution in [0.1, 0.15) is 51.0 Å². The summed E-state index contributed by atoms with van der Waals surface area (Å²) in [4.78, 5) is 24.6. The summed E-state index contributed by atoms with van der Waals surface area (Å²) in [5.74, 6) is -0.190. The second-order valence-electron chi connectivity index (χ2n) is 7.04. The van der Waals surface area contributed by atoms with E-state index in [1.807, 2.05) is 6.92 Å². The Balaban J connectivity index is 2.06. The van der Waals surface area contributed by atoms with E-state index < -0.39 is 0 Å². The van der Waals surface area contributed by atoms with E-state index in [1.165, 1.54) is 7.11 Å². The Kier molecular flexibility index (Phi) is 7.93. The molecule has 1 aliphatic rings. The fourth-order valence-electron chi connectivity index (χ4n) is 3.76. The standard InChI is InChI=1S/C20H26Cl2O4/c1-3-26-17-6-8-20(9-7-17,13-19(24)25-2)12-16(23)10-14-4-5-15(21)11-18(14)22/h4-5,11,17H,3,6-10,12-13H2,1-2H3. The molecule has 26 heavy (non-hydrogen) atoms. The minimum absolute atomic E-state index is 0.0768. The zero-order chi connectivity index (χ0) is 19.2. The van der Waals surface area contributed by atoms with E-state index in [0.29, 0.717) is 23.1 Å². The number of ketones is 1. The number of rotatable bonds is 8. The number of ether oxygens (including phenoxy) is 2. The van der Waals surface area contributed by atoms with E-state index in [2.05, 4.69) is 0 Å². The van der Waals surface area contributed by atoms with E-state index in [0.717, 1.165) is 31.2 Å². The first-order chi connectivity index (χ1) is 12.4. The number of carbonyl (C=O) groups is 2. The van der Waals surface area contributed by atoms with Crippen molar-refractivity contribution in [3.05, 3.63) is 33.8 Å². The van der Waals surface area contributed by atoms with Crippen molar-refractivity contribution in [1.29, 1.82) is 0 Å². The zero-order valence-corrected chi connectivity index (χ0v) is 16.9. The van der Waals surface area contributed by atoms with Crippen LogP contribution in [0.5, 0.6) is 0 Å². The summed E-state index contributed by atoms with van der Waals surface area (Å²) < 4.78 is 10.6. The molecule has 6 heteroatoms. The van der Waals surface area contributed by atoms with Crippen molar-refractivity contribution in [1.82, 2.24) is 0 Å². The molecule has 0 radical (unpaired) electrons. The molecule has 0 spiro atoms. The lowest BCUT2D eigenvalue weighted by atomic mass is 9.67. The van der Waals surface area contributed by atoms with Crippen molar-refractivity contribution >= 4 is 35.0 Å². The van der Waals surface area contributed by atoms with Crippen molar-refractivity contribution in [3.8, 4) is 0 Å². The third kappa shape index (κ3) is 5.97. The molecule has 0 heterocycles. The van der Waals surface area contributed by atoms with Gasteiger partial charge >= 0.3 is 5.97 Å². The molecule has 0 amide bonds. The van der Waals surface area contributed by atoms with Gasteiger partial charge in [-0.05, 0) is 55.7 Å². The summed E-state index contributed by atoms with van der Waals surface area (Å²) in [6.45, 7) is 2.67. The molecule has 0 aromatic heterocycles. The first-order valence-electron chi connectivity index (χ1n) is 9.01. The van der Waals surface area contributed by atoms with Crippen molar-refractivity contribution < 1.29 is 19.1 Å². The van der Waals surface area contributed by atoms with Crippen LogP contribution in [0, 0.1) is 5.41 Å². The van der Waals surface area contributed by atoms with Crippen LogP contribution in [0.3, 0.4) is 0 Å². The van der Waals surface area contributed by atoms with Crippen molar-refractivity contribution in [2.24, 2.45) is 5.41 Å². The first kappa shape index (κ1) is 21.2. The summed E-state index contributed by atoms with van der Waals surface area (Å²) in [5, 5.41) is 1.04. The predicted molar refractivity (Wildman–Crippen MR) is 103 cm³/mol. The minimum atomic E-state index is -0.351. The highest BCUT2D eigenvalue weighted by molar-refractivity contribution is 6.35. The predicted octanol–water partition coefficient (Wildman–Crippen LogP) is 5.02. The maximum Gasteiger partial charge on any atom is 0.306 e. The average molecular weight is 401 g/mol. The molecule has 0 bridgehead atoms. The van der Waals surface area contributed by atoms with Crippen LogP contribution >= 0.6 is 23.2 Å². The van der Waals surface area contributed by atoms with Gasteiger partial charge in [0.1, 0.15) is 5.78 Å². The molecule has 0 aliphatic heterocycles. The van der Waals surface area contributed by atoms with Crippen LogP contribution in [0.4, 0.5) is 0 Å². The summed E-state index contributed by atoms with van der Waals surface area (Å²) >= 11 is 12.1. The number of hydrogen-bond acceptors (Lipinski definition) is 4. The molecule has 0 saturated heterocycles. The summed E-state index contributed by atoms with van der Waals surface area (Å²) in [6.07, 6.45) is 4.36. The molecule has 1 aromatic rings. The smallest absolute Gasteiger partial charge is 0.306 e. The van der Waals surface area contributed by atoms with Gasteiger partial charge in [0.05, 0.1) is 19.6 Å². The SMILES string of the molecule is CCOC1CCC(CC(=O)Cc2ccc(Cl)cc2Cl)(CC(=O)OC)CC1. The number of hydrogen-bond donors (Lipinski definition) is 0.